The molecular weight excluding hydrogens is 439 g/mol. The summed E-state index contributed by atoms with van der Waals surface area (Å²) in [6.45, 7) is 11.7. The van der Waals surface area contributed by atoms with Gasteiger partial charge in [-0.3, -0.25) is 9.59 Å². The van der Waals surface area contributed by atoms with Crippen molar-refractivity contribution in [2.75, 3.05) is 0 Å². The Hall–Kier alpha value is -2.48. The summed E-state index contributed by atoms with van der Waals surface area (Å²) in [4.78, 5) is 27.8. The molecule has 0 saturated heterocycles. The van der Waals surface area contributed by atoms with Crippen LogP contribution < -0.4 is 5.30 Å². The number of carbonyl (C=O) groups is 2. The molecule has 3 nitrogen and oxygen atoms in total. The van der Waals surface area contributed by atoms with E-state index < -0.39 is 18.2 Å². The Bertz CT molecular complexity index is 1210. The van der Waals surface area contributed by atoms with E-state index in [0.717, 1.165) is 5.56 Å². The highest BCUT2D eigenvalue weighted by molar-refractivity contribution is 8.01. The molecule has 0 saturated carbocycles. The molecule has 1 unspecified atom stereocenters. The van der Waals surface area contributed by atoms with Gasteiger partial charge in [0, 0.05) is 16.4 Å². The Morgan fingerprint density at radius 2 is 1.28 bits per heavy atom. The van der Waals surface area contributed by atoms with Gasteiger partial charge in [-0.05, 0) is 54.5 Å². The normalized spacial score (nSPS) is 13.5. The van der Waals surface area contributed by atoms with E-state index >= 15 is 0 Å². The lowest BCUT2D eigenvalue weighted by Gasteiger charge is -2.24. The van der Waals surface area contributed by atoms with Crippen molar-refractivity contribution in [1.29, 1.82) is 0 Å². The summed E-state index contributed by atoms with van der Waals surface area (Å²) in [7, 11) is -4.22. The second-order valence-corrected chi connectivity index (χ2v) is 12.2. The van der Waals surface area contributed by atoms with Gasteiger partial charge in [0.05, 0.1) is 5.02 Å². The fraction of sp³-hybridized carbons (Fsp3) is 0.259. The highest BCUT2D eigenvalue weighted by Crippen LogP contribution is 2.53. The zero-order valence-corrected chi connectivity index (χ0v) is 21.0. The van der Waals surface area contributed by atoms with Crippen LogP contribution in [0.1, 0.15) is 63.7 Å². The monoisotopic (exact) mass is 466 g/mol. The van der Waals surface area contributed by atoms with E-state index in [2.05, 4.69) is 20.8 Å². The molecule has 3 rings (SSSR count). The van der Waals surface area contributed by atoms with Crippen molar-refractivity contribution in [2.24, 2.45) is 0 Å². The van der Waals surface area contributed by atoms with E-state index in [0.29, 0.717) is 22.3 Å². The van der Waals surface area contributed by atoms with Crippen molar-refractivity contribution in [3.05, 3.63) is 99.1 Å². The summed E-state index contributed by atoms with van der Waals surface area (Å²) in [5.41, 5.74) is 2.07. The van der Waals surface area contributed by atoms with Crippen LogP contribution in [0.3, 0.4) is 0 Å². The molecule has 0 bridgehead atoms. The lowest BCUT2D eigenvalue weighted by atomic mass is 9.84. The maximum absolute atomic E-state index is 14.5. The van der Waals surface area contributed by atoms with Gasteiger partial charge in [-0.15, -0.1) is 0 Å². The Morgan fingerprint density at radius 3 is 1.78 bits per heavy atom. The summed E-state index contributed by atoms with van der Waals surface area (Å²) < 4.78 is 14.5. The number of carbonyl (C=O) groups excluding carboxylic acids is 2. The number of aryl methyl sites for hydroxylation is 3. The van der Waals surface area contributed by atoms with Crippen LogP contribution in [0.15, 0.2) is 60.7 Å². The molecule has 0 N–H and O–H groups in total. The van der Waals surface area contributed by atoms with Gasteiger partial charge in [-0.25, -0.2) is 0 Å². The van der Waals surface area contributed by atoms with Gasteiger partial charge < -0.3 is 4.57 Å². The van der Waals surface area contributed by atoms with Crippen LogP contribution in [0.5, 0.6) is 0 Å². The number of hydrogen-bond donors (Lipinski definition) is 0. The molecule has 0 fully saturated rings. The highest BCUT2D eigenvalue weighted by Gasteiger charge is 2.44. The smallest absolute Gasteiger partial charge is 0.248 e. The van der Waals surface area contributed by atoms with Gasteiger partial charge >= 0.3 is 0 Å². The molecule has 0 heterocycles. The van der Waals surface area contributed by atoms with Crippen LogP contribution in [-0.2, 0) is 9.98 Å². The summed E-state index contributed by atoms with van der Waals surface area (Å²) in [6, 6.07) is 17.2. The van der Waals surface area contributed by atoms with E-state index in [4.69, 9.17) is 11.6 Å². The Morgan fingerprint density at radius 1 is 0.750 bits per heavy atom. The Labute approximate surface area is 195 Å². The average Bonchev–Trinajstić information content (AvgIpc) is 2.72. The van der Waals surface area contributed by atoms with Crippen LogP contribution >= 0.6 is 18.7 Å². The van der Waals surface area contributed by atoms with Crippen molar-refractivity contribution in [3.8, 4) is 0 Å². The summed E-state index contributed by atoms with van der Waals surface area (Å²) in [5.74, 6) is 0. The predicted molar refractivity (Wildman–Crippen MR) is 133 cm³/mol. The first-order valence-electron chi connectivity index (χ1n) is 10.5. The molecule has 0 aromatic heterocycles. The second kappa shape index (κ2) is 8.81. The number of benzene rings is 3. The van der Waals surface area contributed by atoms with Gasteiger partial charge in [0.25, 0.3) is 0 Å². The molecule has 0 aliphatic rings. The molecule has 0 aliphatic heterocycles. The van der Waals surface area contributed by atoms with Gasteiger partial charge in [-0.2, -0.15) is 0 Å². The Kier molecular flexibility index (Phi) is 6.65. The Balaban J connectivity index is 2.29. The molecule has 5 heteroatoms. The zero-order chi connectivity index (χ0) is 23.8. The van der Waals surface area contributed by atoms with E-state index in [-0.39, 0.29) is 21.3 Å². The van der Waals surface area contributed by atoms with E-state index in [1.807, 2.05) is 26.0 Å². The van der Waals surface area contributed by atoms with E-state index in [9.17, 15) is 14.2 Å². The largest absolute Gasteiger partial charge is 0.302 e. The third-order valence-electron chi connectivity index (χ3n) is 5.74. The first-order chi connectivity index (χ1) is 14.9. The lowest BCUT2D eigenvalue weighted by molar-refractivity contribution is 0.104. The average molecular weight is 467 g/mol. The first kappa shape index (κ1) is 24.2. The lowest BCUT2D eigenvalue weighted by Crippen LogP contribution is -2.23. The van der Waals surface area contributed by atoms with Gasteiger partial charge in [0.1, 0.15) is 0 Å². The van der Waals surface area contributed by atoms with Crippen LogP contribution in [0.25, 0.3) is 0 Å². The topological polar surface area (TPSA) is 51.2 Å². The minimum atomic E-state index is -4.22. The predicted octanol–water partition coefficient (Wildman–Crippen LogP) is 7.23. The molecule has 32 heavy (non-hydrogen) atoms. The third-order valence-corrected chi connectivity index (χ3v) is 8.67. The van der Waals surface area contributed by atoms with E-state index in [1.54, 1.807) is 55.5 Å². The summed E-state index contributed by atoms with van der Waals surface area (Å²) in [6.07, 6.45) is 0. The molecule has 0 amide bonds. The van der Waals surface area contributed by atoms with Gasteiger partial charge in [0.2, 0.25) is 18.2 Å². The van der Waals surface area contributed by atoms with Crippen molar-refractivity contribution in [2.45, 2.75) is 47.0 Å². The summed E-state index contributed by atoms with van der Waals surface area (Å²) in [5, 5.41) is 0.406. The van der Waals surface area contributed by atoms with Crippen molar-refractivity contribution in [3.63, 3.8) is 0 Å². The quantitative estimate of drug-likeness (QED) is 0.372. The maximum atomic E-state index is 14.5. The fourth-order valence-electron chi connectivity index (χ4n) is 3.92. The zero-order valence-electron chi connectivity index (χ0n) is 19.3. The molecule has 0 spiro atoms. The van der Waals surface area contributed by atoms with E-state index in [1.165, 1.54) is 0 Å². The molecule has 1 atom stereocenters. The van der Waals surface area contributed by atoms with Gasteiger partial charge in [-0.1, -0.05) is 87.0 Å². The van der Waals surface area contributed by atoms with Crippen LogP contribution in [0, 0.1) is 20.8 Å². The highest BCUT2D eigenvalue weighted by atomic mass is 35.5. The van der Waals surface area contributed by atoms with Crippen molar-refractivity contribution >= 4 is 35.1 Å². The molecule has 0 radical (unpaired) electrons. The fourth-order valence-corrected chi connectivity index (χ4v) is 6.81. The number of halogens is 1. The molecule has 3 aromatic carbocycles. The van der Waals surface area contributed by atoms with Crippen LogP contribution in [0.4, 0.5) is 0 Å². The standard InChI is InChI=1S/C27H28ClO3P/c1-17-11-10-14-22(28)24(17)26(30)32(31,21-12-8-7-9-13-21)25(29)23-18(2)15-20(16-19(23)3)27(4,5)6/h7-16H,1-6H3. The van der Waals surface area contributed by atoms with Crippen LogP contribution in [-0.4, -0.2) is 11.0 Å². The number of rotatable bonds is 5. The summed E-state index contributed by atoms with van der Waals surface area (Å²) >= 11 is 6.35. The molecule has 0 aliphatic carbocycles. The number of hydrogen-bond acceptors (Lipinski definition) is 3. The van der Waals surface area contributed by atoms with Crippen molar-refractivity contribution in [1.82, 2.24) is 0 Å². The minimum absolute atomic E-state index is 0.106. The SMILES string of the molecule is Cc1cc(C(C)(C)C)cc(C)c1C(=O)P(=O)(C(=O)c1c(C)cccc1Cl)c1ccccc1. The van der Waals surface area contributed by atoms with Crippen molar-refractivity contribution < 1.29 is 14.2 Å². The maximum Gasteiger partial charge on any atom is 0.248 e. The second-order valence-electron chi connectivity index (χ2n) is 9.22. The van der Waals surface area contributed by atoms with Crippen LogP contribution in [0.2, 0.25) is 5.02 Å². The van der Waals surface area contributed by atoms with Gasteiger partial charge in [0.15, 0.2) is 0 Å². The first-order valence-corrected chi connectivity index (χ1v) is 12.6. The molecule has 166 valence electrons. The minimum Gasteiger partial charge on any atom is -0.302 e. The molecule has 3 aromatic rings. The third kappa shape index (κ3) is 4.25. The molecular formula is C27H28ClO3P.